The van der Waals surface area contributed by atoms with Crippen molar-refractivity contribution in [2.75, 3.05) is 11.1 Å². The second-order valence-corrected chi connectivity index (χ2v) is 12.3. The molecule has 9 heteroatoms. The maximum Gasteiger partial charge on any atom is 0.235 e. The molecule has 6 nitrogen and oxygen atoms in total. The van der Waals surface area contributed by atoms with E-state index in [0.717, 1.165) is 48.2 Å². The zero-order chi connectivity index (χ0) is 25.9. The van der Waals surface area contributed by atoms with Crippen molar-refractivity contribution in [3.63, 3.8) is 0 Å². The van der Waals surface area contributed by atoms with Gasteiger partial charge in [0, 0.05) is 32.8 Å². The summed E-state index contributed by atoms with van der Waals surface area (Å²) in [5.74, 6) is 1.56. The Morgan fingerprint density at radius 3 is 2.81 bits per heavy atom. The summed E-state index contributed by atoms with van der Waals surface area (Å²) in [5, 5.41) is 25.3. The number of thiophene rings is 2. The van der Waals surface area contributed by atoms with Gasteiger partial charge < -0.3 is 9.88 Å². The lowest BCUT2D eigenvalue weighted by Crippen LogP contribution is -2.15. The Kier molecular flexibility index (Phi) is 7.79. The topological polar surface area (TPSA) is 83.6 Å². The number of thioether (sulfide) groups is 1. The molecule has 1 N–H and O–H groups in total. The molecule has 5 rings (SSSR count). The molecular formula is C28H29N5OS3. The van der Waals surface area contributed by atoms with E-state index in [1.54, 1.807) is 22.7 Å². The largest absolute Gasteiger partial charge is 0.316 e. The van der Waals surface area contributed by atoms with E-state index in [1.807, 2.05) is 18.2 Å². The molecule has 1 amide bonds. The first-order chi connectivity index (χ1) is 18.0. The number of nitrogens with zero attached hydrogens (tertiary/aromatic N) is 4. The molecule has 0 saturated heterocycles. The number of nitriles is 1. The van der Waals surface area contributed by atoms with Crippen LogP contribution in [-0.2, 0) is 24.2 Å². The average Bonchev–Trinajstić information content (AvgIpc) is 3.61. The van der Waals surface area contributed by atoms with E-state index in [1.165, 1.54) is 27.1 Å². The van der Waals surface area contributed by atoms with Gasteiger partial charge in [-0.15, -0.1) is 32.9 Å². The van der Waals surface area contributed by atoms with Gasteiger partial charge in [0.1, 0.15) is 11.1 Å². The van der Waals surface area contributed by atoms with Crippen LogP contribution in [-0.4, -0.2) is 26.4 Å². The molecular weight excluding hydrogens is 519 g/mol. The van der Waals surface area contributed by atoms with Crippen LogP contribution >= 0.6 is 34.4 Å². The van der Waals surface area contributed by atoms with Crippen LogP contribution in [0, 0.1) is 24.2 Å². The Labute approximate surface area is 229 Å². The Bertz CT molecular complexity index is 1460. The highest BCUT2D eigenvalue weighted by atomic mass is 32.2. The van der Waals surface area contributed by atoms with Crippen LogP contribution in [0.2, 0.25) is 0 Å². The third-order valence-electron chi connectivity index (χ3n) is 6.95. The predicted molar refractivity (Wildman–Crippen MR) is 153 cm³/mol. The van der Waals surface area contributed by atoms with Gasteiger partial charge >= 0.3 is 0 Å². The van der Waals surface area contributed by atoms with Crippen LogP contribution in [0.5, 0.6) is 0 Å². The zero-order valence-corrected chi connectivity index (χ0v) is 23.7. The van der Waals surface area contributed by atoms with E-state index in [2.05, 4.69) is 64.4 Å². The molecule has 0 bridgehead atoms. The third-order valence-corrected chi connectivity index (χ3v) is 10.0. The second kappa shape index (κ2) is 11.2. The summed E-state index contributed by atoms with van der Waals surface area (Å²) in [6, 6.07) is 12.7. The highest BCUT2D eigenvalue weighted by molar-refractivity contribution is 7.99. The quantitative estimate of drug-likeness (QED) is 0.236. The van der Waals surface area contributed by atoms with E-state index in [9.17, 15) is 10.1 Å². The van der Waals surface area contributed by atoms with Crippen molar-refractivity contribution < 1.29 is 4.79 Å². The fourth-order valence-electron chi connectivity index (χ4n) is 4.96. The molecule has 0 saturated carbocycles. The number of nitrogens with one attached hydrogen (secondary N) is 1. The van der Waals surface area contributed by atoms with Crippen molar-refractivity contribution in [3.05, 3.63) is 56.6 Å². The molecule has 1 unspecified atom stereocenters. The first kappa shape index (κ1) is 25.7. The first-order valence-corrected chi connectivity index (χ1v) is 15.3. The van der Waals surface area contributed by atoms with Crippen LogP contribution in [0.25, 0.3) is 22.5 Å². The lowest BCUT2D eigenvalue weighted by atomic mass is 9.86. The molecule has 1 aliphatic carbocycles. The molecule has 0 spiro atoms. The van der Waals surface area contributed by atoms with Crippen molar-refractivity contribution >= 4 is 45.3 Å². The summed E-state index contributed by atoms with van der Waals surface area (Å²) in [7, 11) is 0. The van der Waals surface area contributed by atoms with Crippen LogP contribution in [0.1, 0.15) is 47.6 Å². The Balaban J connectivity index is 1.32. The summed E-state index contributed by atoms with van der Waals surface area (Å²) >= 11 is 4.66. The molecule has 0 fully saturated rings. The van der Waals surface area contributed by atoms with Crippen molar-refractivity contribution in [1.29, 1.82) is 5.26 Å². The second-order valence-electron chi connectivity index (χ2n) is 9.17. The summed E-state index contributed by atoms with van der Waals surface area (Å²) in [4.78, 5) is 15.4. The van der Waals surface area contributed by atoms with Gasteiger partial charge in [-0.25, -0.2) is 0 Å². The highest BCUT2D eigenvalue weighted by Gasteiger charge is 2.26. The lowest BCUT2D eigenvalue weighted by molar-refractivity contribution is -0.113. The number of rotatable bonds is 8. The van der Waals surface area contributed by atoms with E-state index in [-0.39, 0.29) is 11.7 Å². The molecule has 3 aromatic heterocycles. The van der Waals surface area contributed by atoms with E-state index in [4.69, 9.17) is 0 Å². The molecule has 190 valence electrons. The smallest absolute Gasteiger partial charge is 0.235 e. The third kappa shape index (κ3) is 5.11. The van der Waals surface area contributed by atoms with Crippen LogP contribution in [0.4, 0.5) is 5.00 Å². The minimum atomic E-state index is -0.129. The number of aromatic nitrogens is 3. The number of benzene rings is 1. The first-order valence-electron chi connectivity index (χ1n) is 12.6. The minimum Gasteiger partial charge on any atom is -0.316 e. The molecule has 4 aromatic rings. The number of anilines is 1. The monoisotopic (exact) mass is 547 g/mol. The van der Waals surface area contributed by atoms with E-state index in [0.29, 0.717) is 28.2 Å². The molecule has 3 heterocycles. The van der Waals surface area contributed by atoms with Crippen molar-refractivity contribution in [2.24, 2.45) is 5.92 Å². The Hall–Kier alpha value is -2.93. The van der Waals surface area contributed by atoms with Crippen molar-refractivity contribution in [1.82, 2.24) is 14.8 Å². The standard InChI is InChI=1S/C28H29N5OS3/c1-4-18-11-12-20-21(14-29)27(37-23(20)13-18)30-24(34)16-36-28-32-31-26(33(28)5-2)22-15-35-17(3)25(22)19-9-7-6-8-10-19/h6-10,15,18H,4-5,11-13,16H2,1-3H3,(H,30,34). The maximum absolute atomic E-state index is 12.9. The predicted octanol–water partition coefficient (Wildman–Crippen LogP) is 7.18. The fraction of sp³-hybridized carbons (Fsp3) is 0.357. The van der Waals surface area contributed by atoms with Gasteiger partial charge in [0.2, 0.25) is 5.91 Å². The molecule has 1 atom stereocenters. The number of carbonyl (C=O) groups excluding carboxylic acids is 1. The van der Waals surface area contributed by atoms with Crippen molar-refractivity contribution in [2.45, 2.75) is 58.2 Å². The van der Waals surface area contributed by atoms with Crippen LogP contribution < -0.4 is 5.32 Å². The fourth-order valence-corrected chi connectivity index (χ4v) is 7.96. The maximum atomic E-state index is 12.9. The summed E-state index contributed by atoms with van der Waals surface area (Å²) in [6.45, 7) is 7.11. The van der Waals surface area contributed by atoms with Gasteiger partial charge in [-0.05, 0) is 50.2 Å². The van der Waals surface area contributed by atoms with Crippen molar-refractivity contribution in [3.8, 4) is 28.6 Å². The highest BCUT2D eigenvalue weighted by Crippen LogP contribution is 2.41. The molecule has 37 heavy (non-hydrogen) atoms. The van der Waals surface area contributed by atoms with Crippen LogP contribution in [0.3, 0.4) is 0 Å². The average molecular weight is 548 g/mol. The van der Waals surface area contributed by atoms with Gasteiger partial charge in [-0.2, -0.15) is 5.26 Å². The number of amides is 1. The Morgan fingerprint density at radius 1 is 1.27 bits per heavy atom. The normalized spacial score (nSPS) is 14.8. The van der Waals surface area contributed by atoms with E-state index >= 15 is 0 Å². The molecule has 1 aliphatic rings. The Morgan fingerprint density at radius 2 is 2.08 bits per heavy atom. The molecule has 1 aromatic carbocycles. The van der Waals surface area contributed by atoms with Gasteiger partial charge in [0.15, 0.2) is 11.0 Å². The van der Waals surface area contributed by atoms with Gasteiger partial charge in [0.25, 0.3) is 0 Å². The van der Waals surface area contributed by atoms with E-state index < -0.39 is 0 Å². The number of hydrogen-bond donors (Lipinski definition) is 1. The number of fused-ring (bicyclic) bond motifs is 1. The van der Waals surface area contributed by atoms with Gasteiger partial charge in [-0.1, -0.05) is 55.4 Å². The van der Waals surface area contributed by atoms with Gasteiger partial charge in [-0.3, -0.25) is 4.79 Å². The van der Waals surface area contributed by atoms with Crippen LogP contribution in [0.15, 0.2) is 40.9 Å². The summed E-state index contributed by atoms with van der Waals surface area (Å²) in [5.41, 5.74) is 5.18. The number of hydrogen-bond acceptors (Lipinski definition) is 7. The minimum absolute atomic E-state index is 0.129. The molecule has 0 radical (unpaired) electrons. The lowest BCUT2D eigenvalue weighted by Gasteiger charge is -2.20. The molecule has 0 aliphatic heterocycles. The summed E-state index contributed by atoms with van der Waals surface area (Å²) in [6.07, 6.45) is 4.19. The summed E-state index contributed by atoms with van der Waals surface area (Å²) < 4.78 is 2.07. The SMILES string of the molecule is CCC1CCc2c(sc(NC(=O)CSc3nnc(-c4csc(C)c4-c4ccccc4)n3CC)c2C#N)C1. The number of carbonyl (C=O) groups is 1. The number of aryl methyl sites for hydroxylation is 1. The van der Waals surface area contributed by atoms with Gasteiger partial charge in [0.05, 0.1) is 11.3 Å². The zero-order valence-electron chi connectivity index (χ0n) is 21.2.